The molecule has 80 valence electrons. The first-order valence-corrected chi connectivity index (χ1v) is 4.68. The highest BCUT2D eigenvalue weighted by atomic mass is 16.4. The van der Waals surface area contributed by atoms with Crippen molar-refractivity contribution in [2.24, 2.45) is 16.6 Å². The van der Waals surface area contributed by atoms with Gasteiger partial charge >= 0.3 is 5.97 Å². The van der Waals surface area contributed by atoms with Crippen molar-refractivity contribution in [1.82, 2.24) is 0 Å². The van der Waals surface area contributed by atoms with Gasteiger partial charge in [-0.3, -0.25) is 9.79 Å². The lowest BCUT2D eigenvalue weighted by molar-refractivity contribution is -0.141. The third-order valence-electron chi connectivity index (χ3n) is 1.80. The largest absolute Gasteiger partial charge is 0.481 e. The molecule has 4 nitrogen and oxygen atoms in total. The van der Waals surface area contributed by atoms with Crippen molar-refractivity contribution < 1.29 is 9.90 Å². The molecule has 1 unspecified atom stereocenters. The maximum absolute atomic E-state index is 10.4. The molecule has 0 aromatic carbocycles. The monoisotopic (exact) mass is 198 g/mol. The SMILES string of the molecule is CC(N)=NC/C=C\CCC(C)C(=O)O. The number of nitrogens with two attached hydrogens (primary N) is 1. The van der Waals surface area contributed by atoms with Crippen LogP contribution in [0.1, 0.15) is 26.7 Å². The van der Waals surface area contributed by atoms with Crippen LogP contribution in [0.2, 0.25) is 0 Å². The molecule has 0 radical (unpaired) electrons. The highest BCUT2D eigenvalue weighted by Crippen LogP contribution is 2.05. The van der Waals surface area contributed by atoms with E-state index in [-0.39, 0.29) is 5.92 Å². The molecule has 3 N–H and O–H groups in total. The summed E-state index contributed by atoms with van der Waals surface area (Å²) in [6.07, 6.45) is 5.26. The van der Waals surface area contributed by atoms with Crippen molar-refractivity contribution in [3.8, 4) is 0 Å². The second-order valence-electron chi connectivity index (χ2n) is 3.27. The molecule has 0 aromatic heterocycles. The van der Waals surface area contributed by atoms with Gasteiger partial charge in [-0.05, 0) is 19.8 Å². The van der Waals surface area contributed by atoms with Gasteiger partial charge in [0.05, 0.1) is 18.3 Å². The topological polar surface area (TPSA) is 75.7 Å². The first kappa shape index (κ1) is 12.7. The molecular weight excluding hydrogens is 180 g/mol. The van der Waals surface area contributed by atoms with Gasteiger partial charge in [-0.25, -0.2) is 0 Å². The number of carboxylic acid groups (broad SMARTS) is 1. The maximum Gasteiger partial charge on any atom is 0.306 e. The van der Waals surface area contributed by atoms with E-state index in [0.29, 0.717) is 18.8 Å². The van der Waals surface area contributed by atoms with E-state index in [1.54, 1.807) is 13.8 Å². The Morgan fingerprint density at radius 2 is 2.21 bits per heavy atom. The molecule has 0 saturated carbocycles. The Balaban J connectivity index is 3.54. The minimum atomic E-state index is -0.741. The number of hydrogen-bond donors (Lipinski definition) is 2. The van der Waals surface area contributed by atoms with Gasteiger partial charge in [0.25, 0.3) is 0 Å². The zero-order valence-corrected chi connectivity index (χ0v) is 8.73. The number of hydrogen-bond acceptors (Lipinski definition) is 2. The second-order valence-corrected chi connectivity index (χ2v) is 3.27. The Morgan fingerprint density at radius 3 is 2.71 bits per heavy atom. The molecular formula is C10H18N2O2. The van der Waals surface area contributed by atoms with Crippen LogP contribution in [0.15, 0.2) is 17.1 Å². The minimum Gasteiger partial charge on any atom is -0.481 e. The van der Waals surface area contributed by atoms with E-state index >= 15 is 0 Å². The molecule has 0 heterocycles. The number of aliphatic imine (C=N–C) groups is 1. The molecule has 0 bridgehead atoms. The Morgan fingerprint density at radius 1 is 1.57 bits per heavy atom. The van der Waals surface area contributed by atoms with Crippen LogP contribution in [-0.2, 0) is 4.79 Å². The summed E-state index contributed by atoms with van der Waals surface area (Å²) < 4.78 is 0. The third-order valence-corrected chi connectivity index (χ3v) is 1.80. The fourth-order valence-electron chi connectivity index (χ4n) is 0.859. The lowest BCUT2D eigenvalue weighted by Gasteiger charge is -2.01. The van der Waals surface area contributed by atoms with Gasteiger partial charge in [-0.1, -0.05) is 19.1 Å². The number of aliphatic carboxylic acids is 1. The molecule has 4 heteroatoms. The predicted octanol–water partition coefficient (Wildman–Crippen LogP) is 1.42. The summed E-state index contributed by atoms with van der Waals surface area (Å²) in [5, 5.41) is 8.60. The number of nitrogens with zero attached hydrogens (tertiary/aromatic N) is 1. The van der Waals surface area contributed by atoms with Gasteiger partial charge in [-0.15, -0.1) is 0 Å². The number of allylic oxidation sites excluding steroid dienone is 1. The highest BCUT2D eigenvalue weighted by Gasteiger charge is 2.08. The van der Waals surface area contributed by atoms with E-state index in [4.69, 9.17) is 10.8 Å². The Kier molecular flexibility index (Phi) is 6.45. The molecule has 0 aliphatic heterocycles. The minimum absolute atomic E-state index is 0.278. The quantitative estimate of drug-likeness (QED) is 0.385. The van der Waals surface area contributed by atoms with Crippen LogP contribution in [-0.4, -0.2) is 23.5 Å². The molecule has 0 rings (SSSR count). The van der Waals surface area contributed by atoms with E-state index in [9.17, 15) is 4.79 Å². The van der Waals surface area contributed by atoms with Crippen LogP contribution in [0.5, 0.6) is 0 Å². The summed E-state index contributed by atoms with van der Waals surface area (Å²) in [5.74, 6) is -0.456. The molecule has 0 aromatic rings. The van der Waals surface area contributed by atoms with Crippen LogP contribution >= 0.6 is 0 Å². The van der Waals surface area contributed by atoms with Crippen molar-refractivity contribution in [1.29, 1.82) is 0 Å². The van der Waals surface area contributed by atoms with E-state index in [1.165, 1.54) is 0 Å². The molecule has 0 amide bonds. The molecule has 0 aliphatic rings. The molecule has 1 atom stereocenters. The van der Waals surface area contributed by atoms with Crippen LogP contribution in [0, 0.1) is 5.92 Å². The van der Waals surface area contributed by atoms with Gasteiger partial charge in [0, 0.05) is 0 Å². The number of amidine groups is 1. The Bertz CT molecular complexity index is 230. The second kappa shape index (κ2) is 7.12. The normalized spacial score (nSPS) is 14.6. The van der Waals surface area contributed by atoms with E-state index in [0.717, 1.165) is 6.42 Å². The maximum atomic E-state index is 10.4. The van der Waals surface area contributed by atoms with E-state index < -0.39 is 5.97 Å². The van der Waals surface area contributed by atoms with Crippen molar-refractivity contribution >= 4 is 11.8 Å². The zero-order valence-electron chi connectivity index (χ0n) is 8.73. The van der Waals surface area contributed by atoms with Gasteiger partial charge in [0.15, 0.2) is 0 Å². The summed E-state index contributed by atoms with van der Waals surface area (Å²) in [6.45, 7) is 4.02. The van der Waals surface area contributed by atoms with Gasteiger partial charge in [0.2, 0.25) is 0 Å². The fourth-order valence-corrected chi connectivity index (χ4v) is 0.859. The van der Waals surface area contributed by atoms with Crippen molar-refractivity contribution in [3.05, 3.63) is 12.2 Å². The van der Waals surface area contributed by atoms with Gasteiger partial charge in [-0.2, -0.15) is 0 Å². The Hall–Kier alpha value is -1.32. The van der Waals surface area contributed by atoms with Gasteiger partial charge in [0.1, 0.15) is 0 Å². The summed E-state index contributed by atoms with van der Waals surface area (Å²) in [7, 11) is 0. The van der Waals surface area contributed by atoms with Crippen molar-refractivity contribution in [3.63, 3.8) is 0 Å². The number of carboxylic acids is 1. The predicted molar refractivity (Wildman–Crippen MR) is 57.3 cm³/mol. The standard InChI is InChI=1S/C10H18N2O2/c1-8(10(13)14)6-4-3-5-7-12-9(2)11/h3,5,8H,4,6-7H2,1-2H3,(H2,11,12)(H,13,14)/b5-3-. The molecule has 0 saturated heterocycles. The zero-order chi connectivity index (χ0) is 11.0. The molecule has 14 heavy (non-hydrogen) atoms. The Labute approximate surface area is 84.5 Å². The molecule has 0 spiro atoms. The van der Waals surface area contributed by atoms with Crippen LogP contribution in [0.25, 0.3) is 0 Å². The number of rotatable bonds is 6. The van der Waals surface area contributed by atoms with Crippen LogP contribution < -0.4 is 5.73 Å². The highest BCUT2D eigenvalue weighted by molar-refractivity contribution is 5.77. The lowest BCUT2D eigenvalue weighted by Crippen LogP contribution is -2.08. The first-order valence-electron chi connectivity index (χ1n) is 4.68. The van der Waals surface area contributed by atoms with E-state index in [1.807, 2.05) is 12.2 Å². The van der Waals surface area contributed by atoms with E-state index in [2.05, 4.69) is 4.99 Å². The van der Waals surface area contributed by atoms with Crippen LogP contribution in [0.3, 0.4) is 0 Å². The summed E-state index contributed by atoms with van der Waals surface area (Å²) in [4.78, 5) is 14.4. The summed E-state index contributed by atoms with van der Waals surface area (Å²) >= 11 is 0. The molecule has 0 fully saturated rings. The summed E-state index contributed by atoms with van der Waals surface area (Å²) in [5.41, 5.74) is 5.33. The fraction of sp³-hybridized carbons (Fsp3) is 0.600. The first-order chi connectivity index (χ1) is 6.54. The van der Waals surface area contributed by atoms with Gasteiger partial charge < -0.3 is 10.8 Å². The van der Waals surface area contributed by atoms with Crippen molar-refractivity contribution in [2.45, 2.75) is 26.7 Å². The third kappa shape index (κ3) is 7.34. The summed E-state index contributed by atoms with van der Waals surface area (Å²) in [6, 6.07) is 0. The van der Waals surface area contributed by atoms with Crippen LogP contribution in [0.4, 0.5) is 0 Å². The number of carbonyl (C=O) groups is 1. The van der Waals surface area contributed by atoms with Crippen molar-refractivity contribution in [2.75, 3.05) is 6.54 Å². The lowest BCUT2D eigenvalue weighted by atomic mass is 10.1. The smallest absolute Gasteiger partial charge is 0.306 e. The molecule has 0 aliphatic carbocycles. The average molecular weight is 198 g/mol. The average Bonchev–Trinajstić information content (AvgIpc) is 2.09.